The summed E-state index contributed by atoms with van der Waals surface area (Å²) in [6.45, 7) is 1.96. The number of halogens is 4. The number of rotatable bonds is 2. The topological polar surface area (TPSA) is 45.7 Å². The molecule has 0 spiro atoms. The molecule has 3 rings (SSSR count). The summed E-state index contributed by atoms with van der Waals surface area (Å²) < 4.78 is 42.7. The molecular weight excluding hydrogens is 323 g/mol. The molecule has 2 aliphatic rings. The van der Waals surface area contributed by atoms with Gasteiger partial charge in [0.15, 0.2) is 0 Å². The van der Waals surface area contributed by atoms with Crippen LogP contribution < -0.4 is 4.90 Å². The van der Waals surface area contributed by atoms with Gasteiger partial charge in [-0.2, -0.15) is 13.2 Å². The lowest BCUT2D eigenvalue weighted by Crippen LogP contribution is -2.38. The zero-order valence-corrected chi connectivity index (χ0v) is 12.2. The van der Waals surface area contributed by atoms with Gasteiger partial charge in [0.05, 0.1) is 23.2 Å². The zero-order chi connectivity index (χ0) is 15.9. The second-order valence-electron chi connectivity index (χ2n) is 5.22. The fourth-order valence-corrected chi connectivity index (χ4v) is 3.03. The number of carbonyl (C=O) groups is 1. The molecule has 9 heteroatoms. The minimum absolute atomic E-state index is 0.0323. The molecule has 3 heterocycles. The van der Waals surface area contributed by atoms with Crippen LogP contribution in [0.4, 0.5) is 23.8 Å². The van der Waals surface area contributed by atoms with Crippen LogP contribution >= 0.6 is 11.6 Å². The predicted octanol–water partition coefficient (Wildman–Crippen LogP) is 2.78. The van der Waals surface area contributed by atoms with Crippen LogP contribution in [0.1, 0.15) is 12.0 Å². The van der Waals surface area contributed by atoms with E-state index in [4.69, 9.17) is 16.3 Å². The minimum Gasteiger partial charge on any atom is -0.448 e. The molecule has 0 bridgehead atoms. The van der Waals surface area contributed by atoms with Gasteiger partial charge in [0, 0.05) is 19.3 Å². The fraction of sp³-hybridized carbons (Fsp3) is 0.538. The Balaban J connectivity index is 1.74. The van der Waals surface area contributed by atoms with Crippen molar-refractivity contribution >= 4 is 23.5 Å². The van der Waals surface area contributed by atoms with E-state index in [-0.39, 0.29) is 17.2 Å². The van der Waals surface area contributed by atoms with Gasteiger partial charge in [0.1, 0.15) is 12.4 Å². The van der Waals surface area contributed by atoms with Gasteiger partial charge in [0.2, 0.25) is 0 Å². The van der Waals surface area contributed by atoms with Crippen molar-refractivity contribution in [3.05, 3.63) is 22.8 Å². The maximum atomic E-state index is 12.6. The van der Waals surface area contributed by atoms with E-state index in [1.165, 1.54) is 0 Å². The Morgan fingerprint density at radius 1 is 1.36 bits per heavy atom. The molecule has 0 N–H and O–H groups in total. The molecular formula is C13H13ClF3N3O2. The Labute approximate surface area is 129 Å². The molecule has 0 saturated carbocycles. The van der Waals surface area contributed by atoms with E-state index in [1.807, 2.05) is 0 Å². The first-order valence-electron chi connectivity index (χ1n) is 6.77. The molecule has 0 aromatic carbocycles. The monoisotopic (exact) mass is 335 g/mol. The smallest absolute Gasteiger partial charge is 0.417 e. The van der Waals surface area contributed by atoms with Gasteiger partial charge < -0.3 is 9.64 Å². The molecule has 22 heavy (non-hydrogen) atoms. The Morgan fingerprint density at radius 3 is 2.73 bits per heavy atom. The third kappa shape index (κ3) is 2.79. The first-order valence-corrected chi connectivity index (χ1v) is 7.15. The molecule has 1 unspecified atom stereocenters. The molecule has 1 amide bonds. The van der Waals surface area contributed by atoms with Crippen LogP contribution in [0.5, 0.6) is 0 Å². The maximum absolute atomic E-state index is 12.6. The number of nitrogens with zero attached hydrogens (tertiary/aromatic N) is 3. The van der Waals surface area contributed by atoms with Crippen LogP contribution in [0.25, 0.3) is 0 Å². The summed E-state index contributed by atoms with van der Waals surface area (Å²) >= 11 is 5.94. The molecule has 0 aliphatic carbocycles. The highest BCUT2D eigenvalue weighted by atomic mass is 35.5. The molecule has 2 fully saturated rings. The summed E-state index contributed by atoms with van der Waals surface area (Å²) in [4.78, 5) is 18.8. The number of pyridine rings is 1. The maximum Gasteiger partial charge on any atom is 0.417 e. The van der Waals surface area contributed by atoms with Crippen molar-refractivity contribution in [2.24, 2.45) is 0 Å². The van der Waals surface area contributed by atoms with Gasteiger partial charge in [0.25, 0.3) is 0 Å². The van der Waals surface area contributed by atoms with E-state index < -0.39 is 11.7 Å². The number of anilines is 1. The highest BCUT2D eigenvalue weighted by Gasteiger charge is 2.36. The standard InChI is InChI=1S/C13H13ClF3N3O2/c14-10-5-8(13(15,16)17)6-18-11(10)19-2-1-9(7-19)20-3-4-22-12(20)21/h5-6,9H,1-4,7H2. The molecule has 2 aliphatic heterocycles. The number of aromatic nitrogens is 1. The van der Waals surface area contributed by atoms with E-state index in [0.29, 0.717) is 38.5 Å². The van der Waals surface area contributed by atoms with Gasteiger partial charge >= 0.3 is 12.3 Å². The van der Waals surface area contributed by atoms with Crippen molar-refractivity contribution in [3.8, 4) is 0 Å². The van der Waals surface area contributed by atoms with Crippen LogP contribution in [-0.4, -0.2) is 48.3 Å². The van der Waals surface area contributed by atoms with Crippen molar-refractivity contribution in [3.63, 3.8) is 0 Å². The molecule has 0 radical (unpaired) electrons. The van der Waals surface area contributed by atoms with E-state index in [1.54, 1.807) is 9.80 Å². The molecule has 5 nitrogen and oxygen atoms in total. The Bertz CT molecular complexity index is 596. The number of alkyl halides is 3. The number of amides is 1. The fourth-order valence-electron chi connectivity index (χ4n) is 2.74. The number of ether oxygens (including phenoxy) is 1. The normalized spacial score (nSPS) is 22.4. The highest BCUT2D eigenvalue weighted by Crippen LogP contribution is 2.34. The number of hydrogen-bond donors (Lipinski definition) is 0. The van der Waals surface area contributed by atoms with Gasteiger partial charge in [-0.3, -0.25) is 4.90 Å². The van der Waals surface area contributed by atoms with Crippen molar-refractivity contribution in [1.29, 1.82) is 0 Å². The molecule has 1 aromatic rings. The first kappa shape index (κ1) is 15.2. The number of hydrogen-bond acceptors (Lipinski definition) is 4. The third-order valence-corrected chi connectivity index (χ3v) is 4.12. The molecule has 1 atom stereocenters. The second-order valence-corrected chi connectivity index (χ2v) is 5.63. The van der Waals surface area contributed by atoms with Crippen LogP contribution in [0.2, 0.25) is 5.02 Å². The summed E-state index contributed by atoms with van der Waals surface area (Å²) in [5.41, 5.74) is -0.875. The predicted molar refractivity (Wildman–Crippen MR) is 72.9 cm³/mol. The van der Waals surface area contributed by atoms with Crippen LogP contribution in [0.3, 0.4) is 0 Å². The van der Waals surface area contributed by atoms with E-state index in [0.717, 1.165) is 12.3 Å². The SMILES string of the molecule is O=C1OCCN1C1CCN(c2ncc(C(F)(F)F)cc2Cl)C1. The molecule has 120 valence electrons. The van der Waals surface area contributed by atoms with Crippen molar-refractivity contribution < 1.29 is 22.7 Å². The minimum atomic E-state index is -4.47. The van der Waals surface area contributed by atoms with Crippen LogP contribution in [0.15, 0.2) is 12.3 Å². The van der Waals surface area contributed by atoms with E-state index in [9.17, 15) is 18.0 Å². The van der Waals surface area contributed by atoms with Crippen molar-refractivity contribution in [2.75, 3.05) is 31.1 Å². The lowest BCUT2D eigenvalue weighted by atomic mass is 10.2. The quantitative estimate of drug-likeness (QED) is 0.833. The summed E-state index contributed by atoms with van der Waals surface area (Å²) in [7, 11) is 0. The lowest BCUT2D eigenvalue weighted by molar-refractivity contribution is -0.137. The lowest BCUT2D eigenvalue weighted by Gasteiger charge is -2.23. The van der Waals surface area contributed by atoms with Gasteiger partial charge in [-0.1, -0.05) is 11.6 Å². The Hall–Kier alpha value is -1.70. The summed E-state index contributed by atoms with van der Waals surface area (Å²) in [6, 6.07) is 0.844. The van der Waals surface area contributed by atoms with Gasteiger partial charge in [-0.15, -0.1) is 0 Å². The van der Waals surface area contributed by atoms with Crippen LogP contribution in [-0.2, 0) is 10.9 Å². The van der Waals surface area contributed by atoms with Gasteiger partial charge in [-0.25, -0.2) is 9.78 Å². The molecule has 1 aromatic heterocycles. The zero-order valence-electron chi connectivity index (χ0n) is 11.4. The second kappa shape index (κ2) is 5.49. The molecule has 2 saturated heterocycles. The van der Waals surface area contributed by atoms with Crippen molar-refractivity contribution in [2.45, 2.75) is 18.6 Å². The van der Waals surface area contributed by atoms with E-state index >= 15 is 0 Å². The van der Waals surface area contributed by atoms with Crippen molar-refractivity contribution in [1.82, 2.24) is 9.88 Å². The third-order valence-electron chi connectivity index (χ3n) is 3.85. The van der Waals surface area contributed by atoms with E-state index in [2.05, 4.69) is 4.98 Å². The average Bonchev–Trinajstić information content (AvgIpc) is 3.06. The number of carbonyl (C=O) groups excluding carboxylic acids is 1. The summed E-state index contributed by atoms with van der Waals surface area (Å²) in [5.74, 6) is 0.310. The summed E-state index contributed by atoms with van der Waals surface area (Å²) in [5, 5.41) is -0.0422. The Morgan fingerprint density at radius 2 is 2.14 bits per heavy atom. The number of cyclic esters (lactones) is 1. The summed E-state index contributed by atoms with van der Waals surface area (Å²) in [6.07, 6.45) is -3.34. The first-order chi connectivity index (χ1) is 10.4. The largest absolute Gasteiger partial charge is 0.448 e. The van der Waals surface area contributed by atoms with Gasteiger partial charge in [-0.05, 0) is 12.5 Å². The van der Waals surface area contributed by atoms with Crippen LogP contribution in [0, 0.1) is 0 Å². The Kier molecular flexibility index (Phi) is 3.80. The highest BCUT2D eigenvalue weighted by molar-refractivity contribution is 6.33. The average molecular weight is 336 g/mol.